The highest BCUT2D eigenvalue weighted by Crippen LogP contribution is 2.32. The van der Waals surface area contributed by atoms with Gasteiger partial charge in [0.1, 0.15) is 0 Å². The minimum atomic E-state index is -2.03. The molecule has 0 aromatic heterocycles. The summed E-state index contributed by atoms with van der Waals surface area (Å²) >= 11 is 0. The van der Waals surface area contributed by atoms with Gasteiger partial charge in [0.05, 0.1) is 5.54 Å². The summed E-state index contributed by atoms with van der Waals surface area (Å²) in [5, 5.41) is 0. The van der Waals surface area contributed by atoms with Crippen molar-refractivity contribution in [2.24, 2.45) is 11.7 Å². The van der Waals surface area contributed by atoms with Crippen molar-refractivity contribution >= 4 is 6.96 Å². The van der Waals surface area contributed by atoms with Gasteiger partial charge < -0.3 is 24.4 Å². The molecule has 18 heavy (non-hydrogen) atoms. The second-order valence-electron chi connectivity index (χ2n) is 5.82. The van der Waals surface area contributed by atoms with Crippen LogP contribution in [0.15, 0.2) is 0 Å². The van der Waals surface area contributed by atoms with Gasteiger partial charge in [0.15, 0.2) is 0 Å². The van der Waals surface area contributed by atoms with Crippen molar-refractivity contribution in [1.82, 2.24) is 0 Å². The molecule has 6 heteroatoms. The van der Waals surface area contributed by atoms with Crippen LogP contribution < -0.4 is 5.73 Å². The fraction of sp³-hybridized carbons (Fsp3) is 1.00. The minimum Gasteiger partial charge on any atom is -0.518 e. The van der Waals surface area contributed by atoms with E-state index in [1.807, 2.05) is 6.92 Å². The van der Waals surface area contributed by atoms with Crippen molar-refractivity contribution in [3.05, 3.63) is 0 Å². The van der Waals surface area contributed by atoms with Crippen LogP contribution in [0.5, 0.6) is 0 Å². The van der Waals surface area contributed by atoms with E-state index in [-0.39, 0.29) is 6.10 Å². The molecule has 106 valence electrons. The largest absolute Gasteiger partial charge is 0.531 e. The van der Waals surface area contributed by atoms with Gasteiger partial charge in [0, 0.05) is 31.8 Å². The van der Waals surface area contributed by atoms with E-state index >= 15 is 0 Å². The molecule has 2 rings (SSSR count). The van der Waals surface area contributed by atoms with Crippen LogP contribution in [0, 0.1) is 5.92 Å². The molecule has 2 unspecified atom stereocenters. The first-order valence-electron chi connectivity index (χ1n) is 7.01. The molecule has 2 fully saturated rings. The molecule has 2 atom stereocenters. The molecule has 0 aromatic carbocycles. The van der Waals surface area contributed by atoms with E-state index in [4.69, 9.17) is 24.4 Å². The van der Waals surface area contributed by atoms with Crippen LogP contribution in [-0.2, 0) is 18.6 Å². The lowest BCUT2D eigenvalue weighted by atomic mass is 9.88. The number of hydrogen-bond acceptors (Lipinski definition) is 5. The van der Waals surface area contributed by atoms with E-state index in [2.05, 4.69) is 13.8 Å². The number of nitrogens with two attached hydrogens (primary N) is 1. The Morgan fingerprint density at radius 1 is 1.22 bits per heavy atom. The van der Waals surface area contributed by atoms with E-state index in [1.165, 1.54) is 0 Å². The van der Waals surface area contributed by atoms with Crippen molar-refractivity contribution in [1.29, 1.82) is 0 Å². The SMILES string of the molecule is CCCC1O[B-]2(OCC1CC)OCC(C)(N)CO2. The normalized spacial score (nSPS) is 45.3. The quantitative estimate of drug-likeness (QED) is 0.776. The van der Waals surface area contributed by atoms with Crippen molar-refractivity contribution in [2.45, 2.75) is 51.7 Å². The molecule has 2 heterocycles. The number of rotatable bonds is 3. The van der Waals surface area contributed by atoms with Gasteiger partial charge in [0.25, 0.3) is 0 Å². The van der Waals surface area contributed by atoms with E-state index in [1.54, 1.807) is 0 Å². The van der Waals surface area contributed by atoms with Crippen LogP contribution in [0.25, 0.3) is 0 Å². The summed E-state index contributed by atoms with van der Waals surface area (Å²) in [7, 11) is 0. The van der Waals surface area contributed by atoms with Gasteiger partial charge in [-0.3, -0.25) is 0 Å². The third-order valence-corrected chi connectivity index (χ3v) is 3.71. The minimum absolute atomic E-state index is 0.163. The lowest BCUT2D eigenvalue weighted by molar-refractivity contribution is -0.145. The molecule has 2 N–H and O–H groups in total. The average molecular weight is 258 g/mol. The summed E-state index contributed by atoms with van der Waals surface area (Å²) in [4.78, 5) is 0. The zero-order valence-electron chi connectivity index (χ0n) is 11.7. The highest BCUT2D eigenvalue weighted by molar-refractivity contribution is 6.54. The fourth-order valence-electron chi connectivity index (χ4n) is 2.53. The van der Waals surface area contributed by atoms with E-state index in [9.17, 15) is 0 Å². The van der Waals surface area contributed by atoms with Crippen molar-refractivity contribution < 1.29 is 18.6 Å². The molecule has 0 bridgehead atoms. The van der Waals surface area contributed by atoms with Gasteiger partial charge in [-0.05, 0) is 19.8 Å². The third kappa shape index (κ3) is 3.06. The lowest BCUT2D eigenvalue weighted by Crippen LogP contribution is -2.66. The topological polar surface area (TPSA) is 62.9 Å². The van der Waals surface area contributed by atoms with Crippen LogP contribution in [0.1, 0.15) is 40.0 Å². The molecule has 2 aliphatic rings. The monoisotopic (exact) mass is 258 g/mol. The average Bonchev–Trinajstić information content (AvgIpc) is 2.35. The molecule has 2 aliphatic heterocycles. The van der Waals surface area contributed by atoms with Gasteiger partial charge in [-0.2, -0.15) is 0 Å². The van der Waals surface area contributed by atoms with Crippen molar-refractivity contribution in [2.75, 3.05) is 19.8 Å². The van der Waals surface area contributed by atoms with Crippen LogP contribution in [0.3, 0.4) is 0 Å². The Morgan fingerprint density at radius 2 is 1.89 bits per heavy atom. The maximum atomic E-state index is 5.99. The summed E-state index contributed by atoms with van der Waals surface area (Å²) in [6.45, 7) is 5.64. The zero-order chi connectivity index (χ0) is 13.2. The number of hydrogen-bond donors (Lipinski definition) is 1. The van der Waals surface area contributed by atoms with Crippen LogP contribution in [0.4, 0.5) is 0 Å². The van der Waals surface area contributed by atoms with Crippen LogP contribution in [0.2, 0.25) is 0 Å². The second-order valence-corrected chi connectivity index (χ2v) is 5.82. The molecule has 0 aliphatic carbocycles. The molecule has 0 radical (unpaired) electrons. The van der Waals surface area contributed by atoms with E-state index in [0.29, 0.717) is 25.7 Å². The highest BCUT2D eigenvalue weighted by Gasteiger charge is 2.45. The summed E-state index contributed by atoms with van der Waals surface area (Å²) in [5.74, 6) is 0.427. The van der Waals surface area contributed by atoms with Crippen molar-refractivity contribution in [3.63, 3.8) is 0 Å². The summed E-state index contributed by atoms with van der Waals surface area (Å²) in [6, 6.07) is 0. The maximum absolute atomic E-state index is 5.99. The predicted octanol–water partition coefficient (Wildman–Crippen LogP) is 1.43. The van der Waals surface area contributed by atoms with Gasteiger partial charge in [0.2, 0.25) is 0 Å². The van der Waals surface area contributed by atoms with E-state index < -0.39 is 12.5 Å². The maximum Gasteiger partial charge on any atom is 0.531 e. The Balaban J connectivity index is 1.99. The van der Waals surface area contributed by atoms with Crippen LogP contribution in [-0.4, -0.2) is 38.4 Å². The Kier molecular flexibility index (Phi) is 4.34. The molecular weight excluding hydrogens is 233 g/mol. The fourth-order valence-corrected chi connectivity index (χ4v) is 2.53. The molecule has 0 amide bonds. The first kappa shape index (κ1) is 14.3. The first-order chi connectivity index (χ1) is 8.50. The van der Waals surface area contributed by atoms with Gasteiger partial charge in [-0.25, -0.2) is 0 Å². The predicted molar refractivity (Wildman–Crippen MR) is 69.8 cm³/mol. The van der Waals surface area contributed by atoms with Crippen molar-refractivity contribution in [3.8, 4) is 0 Å². The van der Waals surface area contributed by atoms with Gasteiger partial charge >= 0.3 is 6.96 Å². The Hall–Kier alpha value is -0.135. The summed E-state index contributed by atoms with van der Waals surface area (Å²) < 4.78 is 23.0. The van der Waals surface area contributed by atoms with Crippen LogP contribution >= 0.6 is 0 Å². The summed E-state index contributed by atoms with van der Waals surface area (Å²) in [5.41, 5.74) is 5.51. The molecule has 0 saturated carbocycles. The highest BCUT2D eigenvalue weighted by atomic mass is 16.9. The lowest BCUT2D eigenvalue weighted by Gasteiger charge is -2.54. The Morgan fingerprint density at radius 3 is 2.44 bits per heavy atom. The zero-order valence-corrected chi connectivity index (χ0v) is 11.7. The Bertz CT molecular complexity index is 277. The molecule has 1 spiro atoms. The Labute approximate surface area is 109 Å². The standard InChI is InChI=1S/C12H25BNO4/c1-4-6-11-10(5-2)7-15-13(18-11)16-8-12(3,14)9-17-13/h10-11H,4-9,14H2,1-3H3/q-1. The van der Waals surface area contributed by atoms with E-state index in [0.717, 1.165) is 19.3 Å². The molecular formula is C12H25BNO4-. The first-order valence-corrected chi connectivity index (χ1v) is 7.01. The third-order valence-electron chi connectivity index (χ3n) is 3.71. The smallest absolute Gasteiger partial charge is 0.518 e. The summed E-state index contributed by atoms with van der Waals surface area (Å²) in [6.07, 6.45) is 3.31. The van der Waals surface area contributed by atoms with Gasteiger partial charge in [-0.15, -0.1) is 0 Å². The second kappa shape index (κ2) is 5.47. The van der Waals surface area contributed by atoms with Gasteiger partial charge in [-0.1, -0.05) is 20.3 Å². The molecule has 5 nitrogen and oxygen atoms in total. The molecule has 0 aromatic rings. The molecule has 2 saturated heterocycles.